The van der Waals surface area contributed by atoms with E-state index in [2.05, 4.69) is 104 Å². The fourth-order valence-corrected chi connectivity index (χ4v) is 6.11. The molecule has 0 bridgehead atoms. The minimum atomic E-state index is -0.0242. The van der Waals surface area contributed by atoms with Crippen LogP contribution in [0.4, 0.5) is 11.4 Å². The van der Waals surface area contributed by atoms with Crippen molar-refractivity contribution in [3.8, 4) is 11.1 Å². The number of fused-ring (bicyclic) bond motifs is 6. The summed E-state index contributed by atoms with van der Waals surface area (Å²) in [5.74, 6) is 0. The minimum absolute atomic E-state index is 0.0242. The van der Waals surface area contributed by atoms with E-state index < -0.39 is 0 Å². The summed E-state index contributed by atoms with van der Waals surface area (Å²) in [6.07, 6.45) is 0. The lowest BCUT2D eigenvalue weighted by molar-refractivity contribution is 0.662. The van der Waals surface area contributed by atoms with Crippen LogP contribution in [-0.4, -0.2) is 0 Å². The predicted molar refractivity (Wildman–Crippen MR) is 127 cm³/mol. The van der Waals surface area contributed by atoms with Gasteiger partial charge in [0, 0.05) is 26.6 Å². The first-order chi connectivity index (χ1) is 14.1. The van der Waals surface area contributed by atoms with Gasteiger partial charge in [0.1, 0.15) is 0 Å². The van der Waals surface area contributed by atoms with Crippen LogP contribution in [0.3, 0.4) is 0 Å². The lowest BCUT2D eigenvalue weighted by atomic mass is 9.81. The van der Waals surface area contributed by atoms with Crippen LogP contribution in [0, 0.1) is 0 Å². The van der Waals surface area contributed by atoms with Crippen LogP contribution in [0.25, 0.3) is 31.3 Å². The van der Waals surface area contributed by atoms with Crippen LogP contribution >= 0.6 is 11.3 Å². The van der Waals surface area contributed by atoms with E-state index in [4.69, 9.17) is 0 Å². The number of thiophene rings is 1. The zero-order valence-electron chi connectivity index (χ0n) is 16.5. The molecule has 0 atom stereocenters. The molecule has 5 aromatic rings. The summed E-state index contributed by atoms with van der Waals surface area (Å²) < 4.78 is 2.65. The van der Waals surface area contributed by atoms with Gasteiger partial charge in [-0.05, 0) is 40.5 Å². The van der Waals surface area contributed by atoms with Crippen molar-refractivity contribution in [1.29, 1.82) is 0 Å². The number of nitrogens with one attached hydrogen (secondary N) is 1. The maximum absolute atomic E-state index is 3.81. The second-order valence-corrected chi connectivity index (χ2v) is 9.36. The van der Waals surface area contributed by atoms with Gasteiger partial charge >= 0.3 is 0 Å². The fourth-order valence-electron chi connectivity index (χ4n) is 4.94. The number of benzene rings is 4. The van der Waals surface area contributed by atoms with E-state index in [0.717, 1.165) is 0 Å². The van der Waals surface area contributed by atoms with E-state index in [1.54, 1.807) is 0 Å². The van der Waals surface area contributed by atoms with Crippen LogP contribution in [0.2, 0.25) is 0 Å². The van der Waals surface area contributed by atoms with Crippen molar-refractivity contribution in [1.82, 2.24) is 0 Å². The fraction of sp³-hybridized carbons (Fsp3) is 0.111. The highest BCUT2D eigenvalue weighted by molar-refractivity contribution is 7.26. The number of anilines is 2. The van der Waals surface area contributed by atoms with E-state index >= 15 is 0 Å². The van der Waals surface area contributed by atoms with Gasteiger partial charge in [-0.15, -0.1) is 11.3 Å². The molecule has 2 heteroatoms. The normalized spacial score (nSPS) is 14.1. The molecule has 1 heterocycles. The van der Waals surface area contributed by atoms with Gasteiger partial charge < -0.3 is 5.32 Å². The SMILES string of the molecule is CC1(C)c2ccccc2-c2cccc(Nc3cccc4c3sc3ccccc34)c21. The molecule has 0 unspecified atom stereocenters. The van der Waals surface area contributed by atoms with Crippen molar-refractivity contribution in [2.24, 2.45) is 0 Å². The highest BCUT2D eigenvalue weighted by Gasteiger charge is 2.37. The third-order valence-electron chi connectivity index (χ3n) is 6.25. The molecule has 1 nitrogen and oxygen atoms in total. The van der Waals surface area contributed by atoms with Gasteiger partial charge in [0.15, 0.2) is 0 Å². The summed E-state index contributed by atoms with van der Waals surface area (Å²) in [5.41, 5.74) is 7.86. The van der Waals surface area contributed by atoms with Crippen molar-refractivity contribution in [3.05, 3.63) is 96.1 Å². The molecule has 4 aromatic carbocycles. The van der Waals surface area contributed by atoms with E-state index in [1.807, 2.05) is 11.3 Å². The molecule has 1 aliphatic carbocycles. The van der Waals surface area contributed by atoms with Gasteiger partial charge in [0.25, 0.3) is 0 Å². The first kappa shape index (κ1) is 16.8. The molecule has 1 aliphatic rings. The molecule has 0 saturated carbocycles. The average Bonchev–Trinajstić information content (AvgIpc) is 3.23. The van der Waals surface area contributed by atoms with Crippen LogP contribution in [0.15, 0.2) is 84.9 Å². The highest BCUT2D eigenvalue weighted by atomic mass is 32.1. The summed E-state index contributed by atoms with van der Waals surface area (Å²) in [6, 6.07) is 30.7. The van der Waals surface area contributed by atoms with Gasteiger partial charge in [-0.1, -0.05) is 80.6 Å². The van der Waals surface area contributed by atoms with E-state index in [0.29, 0.717) is 0 Å². The van der Waals surface area contributed by atoms with Gasteiger partial charge in [-0.2, -0.15) is 0 Å². The van der Waals surface area contributed by atoms with Crippen molar-refractivity contribution < 1.29 is 0 Å². The Bertz CT molecular complexity index is 1410. The summed E-state index contributed by atoms with van der Waals surface area (Å²) in [6.45, 7) is 4.67. The number of hydrogen-bond donors (Lipinski definition) is 1. The van der Waals surface area contributed by atoms with Gasteiger partial charge in [0.2, 0.25) is 0 Å². The number of hydrogen-bond acceptors (Lipinski definition) is 2. The summed E-state index contributed by atoms with van der Waals surface area (Å²) in [7, 11) is 0. The molecular weight excluding hydrogens is 370 g/mol. The van der Waals surface area contributed by atoms with E-state index in [9.17, 15) is 0 Å². The van der Waals surface area contributed by atoms with Crippen LogP contribution in [-0.2, 0) is 5.41 Å². The molecule has 1 N–H and O–H groups in total. The monoisotopic (exact) mass is 391 g/mol. The molecule has 6 rings (SSSR count). The van der Waals surface area contributed by atoms with Crippen molar-refractivity contribution in [2.45, 2.75) is 19.3 Å². The zero-order chi connectivity index (χ0) is 19.6. The highest BCUT2D eigenvalue weighted by Crippen LogP contribution is 2.52. The van der Waals surface area contributed by atoms with Crippen LogP contribution in [0.5, 0.6) is 0 Å². The second kappa shape index (κ2) is 5.95. The Balaban J connectivity index is 1.55. The molecule has 1 aromatic heterocycles. The first-order valence-corrected chi connectivity index (χ1v) is 10.9. The van der Waals surface area contributed by atoms with Crippen molar-refractivity contribution in [3.63, 3.8) is 0 Å². The summed E-state index contributed by atoms with van der Waals surface area (Å²) in [5, 5.41) is 6.47. The Morgan fingerprint density at radius 1 is 0.655 bits per heavy atom. The third-order valence-corrected chi connectivity index (χ3v) is 7.47. The summed E-state index contributed by atoms with van der Waals surface area (Å²) >= 11 is 1.87. The Morgan fingerprint density at radius 2 is 1.34 bits per heavy atom. The van der Waals surface area contributed by atoms with E-state index in [-0.39, 0.29) is 5.41 Å². The molecule has 0 amide bonds. The Labute approximate surface area is 174 Å². The molecule has 0 spiro atoms. The molecular formula is C27H21NS. The molecule has 0 aliphatic heterocycles. The maximum atomic E-state index is 3.81. The molecule has 0 radical (unpaired) electrons. The largest absolute Gasteiger partial charge is 0.354 e. The lowest BCUT2D eigenvalue weighted by Crippen LogP contribution is -2.16. The number of rotatable bonds is 2. The topological polar surface area (TPSA) is 12.0 Å². The van der Waals surface area contributed by atoms with Crippen LogP contribution in [0.1, 0.15) is 25.0 Å². The molecule has 0 fully saturated rings. The van der Waals surface area contributed by atoms with Gasteiger partial charge in [0.05, 0.1) is 10.4 Å². The standard InChI is InChI=1S/C27H21NS/c1-27(2)21-13-5-3-9-17(21)19-11-7-14-22(25(19)27)28-23-15-8-12-20-18-10-4-6-16-24(18)29-26(20)23/h3-16,28H,1-2H3. The lowest BCUT2D eigenvalue weighted by Gasteiger charge is -2.25. The second-order valence-electron chi connectivity index (χ2n) is 8.30. The van der Waals surface area contributed by atoms with Crippen molar-refractivity contribution in [2.75, 3.05) is 5.32 Å². The summed E-state index contributed by atoms with van der Waals surface area (Å²) in [4.78, 5) is 0. The van der Waals surface area contributed by atoms with Crippen molar-refractivity contribution >= 4 is 42.9 Å². The van der Waals surface area contributed by atoms with Gasteiger partial charge in [-0.3, -0.25) is 0 Å². The molecule has 0 saturated heterocycles. The smallest absolute Gasteiger partial charge is 0.0590 e. The van der Waals surface area contributed by atoms with E-state index in [1.165, 1.54) is 53.8 Å². The zero-order valence-corrected chi connectivity index (χ0v) is 17.3. The quantitative estimate of drug-likeness (QED) is 0.320. The minimum Gasteiger partial charge on any atom is -0.354 e. The molecule has 29 heavy (non-hydrogen) atoms. The Kier molecular flexibility index (Phi) is 3.45. The van der Waals surface area contributed by atoms with Gasteiger partial charge in [-0.25, -0.2) is 0 Å². The maximum Gasteiger partial charge on any atom is 0.0590 e. The average molecular weight is 392 g/mol. The third kappa shape index (κ3) is 2.33. The first-order valence-electron chi connectivity index (χ1n) is 10.1. The Morgan fingerprint density at radius 3 is 2.28 bits per heavy atom. The molecule has 140 valence electrons. The van der Waals surface area contributed by atoms with Crippen LogP contribution < -0.4 is 5.32 Å². The predicted octanol–water partition coefficient (Wildman–Crippen LogP) is 8.10. The Hall–Kier alpha value is -3.10.